The van der Waals surface area contributed by atoms with Crippen LogP contribution >= 0.6 is 12.4 Å². The second-order valence-corrected chi connectivity index (χ2v) is 6.98. The lowest BCUT2D eigenvalue weighted by Gasteiger charge is -2.36. The lowest BCUT2D eigenvalue weighted by atomic mass is 10.1. The third-order valence-electron chi connectivity index (χ3n) is 5.22. The topological polar surface area (TPSA) is 36.7 Å². The Morgan fingerprint density at radius 3 is 2.50 bits per heavy atom. The van der Waals surface area contributed by atoms with Gasteiger partial charge in [-0.2, -0.15) is 0 Å². The maximum absolute atomic E-state index is 12.9. The number of Topliss-reactive ketones (excluding diaryl/α,β-unsaturated/α-hetero) is 1. The van der Waals surface area contributed by atoms with Crippen molar-refractivity contribution in [3.8, 4) is 0 Å². The Labute approximate surface area is 170 Å². The Hall–Kier alpha value is -2.37. The quantitative estimate of drug-likeness (QED) is 0.556. The van der Waals surface area contributed by atoms with E-state index in [1.807, 2.05) is 6.07 Å². The predicted octanol–water partition coefficient (Wildman–Crippen LogP) is 4.78. The van der Waals surface area contributed by atoms with Crippen LogP contribution in [0.4, 0.5) is 10.1 Å². The van der Waals surface area contributed by atoms with E-state index in [2.05, 4.69) is 28.0 Å². The van der Waals surface area contributed by atoms with Crippen molar-refractivity contribution in [1.82, 2.24) is 4.90 Å². The molecule has 4 nitrogen and oxygen atoms in total. The molecule has 0 bridgehead atoms. The molecule has 0 aliphatic carbocycles. The first kappa shape index (κ1) is 20.4. The number of anilines is 1. The molecule has 1 aromatic heterocycles. The molecule has 1 aliphatic heterocycles. The summed E-state index contributed by atoms with van der Waals surface area (Å²) in [6.45, 7) is 4.76. The highest BCUT2D eigenvalue weighted by atomic mass is 35.5. The van der Waals surface area contributed by atoms with E-state index in [9.17, 15) is 9.18 Å². The van der Waals surface area contributed by atoms with E-state index in [1.54, 1.807) is 18.4 Å². The fraction of sp³-hybridized carbons (Fsp3) is 0.318. The molecule has 1 fully saturated rings. The van der Waals surface area contributed by atoms with Gasteiger partial charge >= 0.3 is 0 Å². The van der Waals surface area contributed by atoms with Gasteiger partial charge < -0.3 is 9.32 Å². The fourth-order valence-corrected chi connectivity index (χ4v) is 3.68. The van der Waals surface area contributed by atoms with Crippen LogP contribution in [-0.4, -0.2) is 43.4 Å². The SMILES string of the molecule is Cl.O=C(CCCN1CCN(c2cccc3ccoc23)CC1)c1ccc(F)cc1. The molecule has 0 amide bonds. The van der Waals surface area contributed by atoms with E-state index in [0.29, 0.717) is 12.0 Å². The van der Waals surface area contributed by atoms with Crippen molar-refractivity contribution >= 4 is 34.8 Å². The van der Waals surface area contributed by atoms with Crippen LogP contribution in [0, 0.1) is 5.82 Å². The number of piperazine rings is 1. The molecular weight excluding hydrogens is 379 g/mol. The van der Waals surface area contributed by atoms with E-state index in [4.69, 9.17) is 4.42 Å². The second-order valence-electron chi connectivity index (χ2n) is 6.98. The van der Waals surface area contributed by atoms with Gasteiger partial charge in [0.25, 0.3) is 0 Å². The van der Waals surface area contributed by atoms with Crippen molar-refractivity contribution in [3.05, 3.63) is 66.2 Å². The van der Waals surface area contributed by atoms with Crippen molar-refractivity contribution in [2.24, 2.45) is 0 Å². The number of carbonyl (C=O) groups excluding carboxylic acids is 1. The number of rotatable bonds is 6. The standard InChI is InChI=1S/C22H23FN2O2.ClH/c23-19-8-6-17(7-9-19)21(26)5-2-11-24-12-14-25(15-13-24)20-4-1-3-18-10-16-27-22(18)20;/h1,3-4,6-10,16H,2,5,11-15H2;1H. The molecule has 0 radical (unpaired) electrons. The maximum Gasteiger partial charge on any atom is 0.162 e. The first-order valence-corrected chi connectivity index (χ1v) is 9.43. The summed E-state index contributed by atoms with van der Waals surface area (Å²) in [7, 11) is 0. The van der Waals surface area contributed by atoms with Gasteiger partial charge in [0.15, 0.2) is 11.4 Å². The molecule has 1 aliphatic rings. The smallest absolute Gasteiger partial charge is 0.162 e. The Morgan fingerprint density at radius 1 is 1.00 bits per heavy atom. The van der Waals surface area contributed by atoms with E-state index in [-0.39, 0.29) is 24.0 Å². The van der Waals surface area contributed by atoms with Gasteiger partial charge in [-0.05, 0) is 49.4 Å². The Kier molecular flexibility index (Phi) is 6.70. The molecule has 2 aromatic carbocycles. The largest absolute Gasteiger partial charge is 0.462 e. The number of carbonyl (C=O) groups is 1. The number of ketones is 1. The molecule has 0 atom stereocenters. The average Bonchev–Trinajstić information content (AvgIpc) is 3.18. The van der Waals surface area contributed by atoms with Gasteiger partial charge in [0, 0.05) is 43.5 Å². The number of furan rings is 1. The summed E-state index contributed by atoms with van der Waals surface area (Å²) < 4.78 is 18.6. The Morgan fingerprint density at radius 2 is 1.75 bits per heavy atom. The van der Waals surface area contributed by atoms with Gasteiger partial charge in [-0.1, -0.05) is 12.1 Å². The number of halogens is 2. The summed E-state index contributed by atoms with van der Waals surface area (Å²) in [6, 6.07) is 14.0. The van der Waals surface area contributed by atoms with Crippen LogP contribution in [0.2, 0.25) is 0 Å². The maximum atomic E-state index is 12.9. The third kappa shape index (κ3) is 4.54. The lowest BCUT2D eigenvalue weighted by Crippen LogP contribution is -2.46. The van der Waals surface area contributed by atoms with Crippen molar-refractivity contribution in [2.45, 2.75) is 12.8 Å². The summed E-state index contributed by atoms with van der Waals surface area (Å²) in [5, 5.41) is 1.13. The molecule has 6 heteroatoms. The first-order valence-electron chi connectivity index (χ1n) is 9.43. The number of benzene rings is 2. The summed E-state index contributed by atoms with van der Waals surface area (Å²) in [6.07, 6.45) is 3.06. The Bertz CT molecular complexity index is 918. The highest BCUT2D eigenvalue weighted by Crippen LogP contribution is 2.28. The number of fused-ring (bicyclic) bond motifs is 1. The highest BCUT2D eigenvalue weighted by Gasteiger charge is 2.19. The first-order chi connectivity index (χ1) is 13.2. The summed E-state index contributed by atoms with van der Waals surface area (Å²) in [4.78, 5) is 16.9. The number of hydrogen-bond acceptors (Lipinski definition) is 4. The van der Waals surface area contributed by atoms with Crippen LogP contribution in [-0.2, 0) is 0 Å². The lowest BCUT2D eigenvalue weighted by molar-refractivity contribution is 0.0974. The van der Waals surface area contributed by atoms with Crippen molar-refractivity contribution in [3.63, 3.8) is 0 Å². The zero-order valence-electron chi connectivity index (χ0n) is 15.6. The van der Waals surface area contributed by atoms with Crippen molar-refractivity contribution in [1.29, 1.82) is 0 Å². The molecule has 1 saturated heterocycles. The zero-order chi connectivity index (χ0) is 18.6. The predicted molar refractivity (Wildman–Crippen MR) is 112 cm³/mol. The van der Waals surface area contributed by atoms with Crippen LogP contribution < -0.4 is 4.90 Å². The van der Waals surface area contributed by atoms with Crippen molar-refractivity contribution in [2.75, 3.05) is 37.6 Å². The van der Waals surface area contributed by atoms with E-state index in [0.717, 1.165) is 55.8 Å². The summed E-state index contributed by atoms with van der Waals surface area (Å²) in [5.74, 6) is -0.229. The zero-order valence-corrected chi connectivity index (χ0v) is 16.5. The molecule has 4 rings (SSSR count). The number of nitrogens with zero attached hydrogens (tertiary/aromatic N) is 2. The molecular formula is C22H24ClFN2O2. The second kappa shape index (κ2) is 9.22. The van der Waals surface area contributed by atoms with Crippen molar-refractivity contribution < 1.29 is 13.6 Å². The fourth-order valence-electron chi connectivity index (χ4n) is 3.68. The molecule has 2 heterocycles. The summed E-state index contributed by atoms with van der Waals surface area (Å²) in [5.41, 5.74) is 2.70. The van der Waals surface area contributed by atoms with Crippen LogP contribution in [0.1, 0.15) is 23.2 Å². The van der Waals surface area contributed by atoms with E-state index in [1.165, 1.54) is 12.1 Å². The van der Waals surface area contributed by atoms with Gasteiger partial charge in [-0.25, -0.2) is 4.39 Å². The minimum absolute atomic E-state index is 0. The van der Waals surface area contributed by atoms with E-state index < -0.39 is 0 Å². The third-order valence-corrected chi connectivity index (χ3v) is 5.22. The molecule has 28 heavy (non-hydrogen) atoms. The van der Waals surface area contributed by atoms with Crippen LogP contribution in [0.3, 0.4) is 0 Å². The van der Waals surface area contributed by atoms with Crippen LogP contribution in [0.25, 0.3) is 11.0 Å². The van der Waals surface area contributed by atoms with Gasteiger partial charge in [0.1, 0.15) is 5.82 Å². The van der Waals surface area contributed by atoms with Crippen LogP contribution in [0.15, 0.2) is 59.2 Å². The van der Waals surface area contributed by atoms with Gasteiger partial charge in [0.05, 0.1) is 12.0 Å². The molecule has 0 unspecified atom stereocenters. The molecule has 148 valence electrons. The number of para-hydroxylation sites is 1. The van der Waals surface area contributed by atoms with Crippen LogP contribution in [0.5, 0.6) is 0 Å². The molecule has 0 spiro atoms. The summed E-state index contributed by atoms with van der Waals surface area (Å²) >= 11 is 0. The average molecular weight is 403 g/mol. The van der Waals surface area contributed by atoms with Gasteiger partial charge in [0.2, 0.25) is 0 Å². The minimum atomic E-state index is -0.310. The Balaban J connectivity index is 0.00000225. The minimum Gasteiger partial charge on any atom is -0.462 e. The normalized spacial score (nSPS) is 14.8. The molecule has 0 saturated carbocycles. The highest BCUT2D eigenvalue weighted by molar-refractivity contribution is 5.96. The monoisotopic (exact) mass is 402 g/mol. The van der Waals surface area contributed by atoms with Gasteiger partial charge in [-0.3, -0.25) is 9.69 Å². The molecule has 0 N–H and O–H groups in total. The van der Waals surface area contributed by atoms with E-state index >= 15 is 0 Å². The van der Waals surface area contributed by atoms with Gasteiger partial charge in [-0.15, -0.1) is 12.4 Å². The number of hydrogen-bond donors (Lipinski definition) is 0. The molecule has 3 aromatic rings.